The molecule has 1 aromatic heterocycles. The maximum atomic E-state index is 13.7. The number of nitrogens with zero attached hydrogens (tertiary/aromatic N) is 1. The first-order chi connectivity index (χ1) is 11.8. The Labute approximate surface area is 141 Å². The summed E-state index contributed by atoms with van der Waals surface area (Å²) in [5.41, 5.74) is -1.21. The highest BCUT2D eigenvalue weighted by atomic mass is 19.1. The first-order valence-corrected chi connectivity index (χ1v) is 6.98. The predicted octanol–water partition coefficient (Wildman–Crippen LogP) is 4.85. The number of nitrogens with one attached hydrogen (secondary N) is 1. The fraction of sp³-hybridized carbons (Fsp3) is 0. The van der Waals surface area contributed by atoms with Crippen LogP contribution in [0, 0.1) is 11.6 Å². The second-order valence-electron chi connectivity index (χ2n) is 4.84. The Kier molecular flexibility index (Phi) is 5.38. The van der Waals surface area contributed by atoms with E-state index in [0.717, 1.165) is 18.2 Å². The molecular formula is C18H13F3N2O2. The number of allylic oxidation sites excluding steroid dienone is 4. The van der Waals surface area contributed by atoms with Gasteiger partial charge in [0.25, 0.3) is 0 Å². The number of aromatic nitrogens is 1. The summed E-state index contributed by atoms with van der Waals surface area (Å²) in [4.78, 5) is 15.3. The van der Waals surface area contributed by atoms with Crippen molar-refractivity contribution in [1.82, 2.24) is 4.98 Å². The topological polar surface area (TPSA) is 62.2 Å². The van der Waals surface area contributed by atoms with Gasteiger partial charge in [-0.1, -0.05) is 31.4 Å². The minimum atomic E-state index is -1.35. The number of carboxylic acid groups (broad SMARTS) is 1. The minimum Gasteiger partial charge on any atom is -0.478 e. The normalized spacial score (nSPS) is 11.1. The lowest BCUT2D eigenvalue weighted by atomic mass is 10.0. The zero-order chi connectivity index (χ0) is 18.6. The summed E-state index contributed by atoms with van der Waals surface area (Å²) in [6, 6.07) is 5.64. The molecule has 0 radical (unpaired) electrons. The van der Waals surface area contributed by atoms with E-state index in [1.807, 2.05) is 0 Å². The summed E-state index contributed by atoms with van der Waals surface area (Å²) in [6.45, 7) is 6.56. The van der Waals surface area contributed by atoms with Crippen LogP contribution >= 0.6 is 0 Å². The van der Waals surface area contributed by atoms with Crippen LogP contribution in [0.4, 0.5) is 24.7 Å². The summed E-state index contributed by atoms with van der Waals surface area (Å²) in [7, 11) is 0. The molecule has 4 nitrogen and oxygen atoms in total. The number of para-hydroxylation sites is 1. The van der Waals surface area contributed by atoms with Crippen LogP contribution in [0.25, 0.3) is 5.57 Å². The lowest BCUT2D eigenvalue weighted by Crippen LogP contribution is -2.07. The average Bonchev–Trinajstić information content (AvgIpc) is 2.55. The zero-order valence-corrected chi connectivity index (χ0v) is 12.9. The highest BCUT2D eigenvalue weighted by molar-refractivity contribution is 5.95. The Morgan fingerprint density at radius 1 is 1.20 bits per heavy atom. The Morgan fingerprint density at radius 3 is 2.36 bits per heavy atom. The molecule has 0 atom stereocenters. The maximum absolute atomic E-state index is 13.7. The van der Waals surface area contributed by atoms with Gasteiger partial charge in [0.15, 0.2) is 0 Å². The number of carboxylic acids is 1. The molecule has 0 aliphatic carbocycles. The van der Waals surface area contributed by atoms with E-state index in [9.17, 15) is 23.1 Å². The molecule has 2 N–H and O–H groups in total. The van der Waals surface area contributed by atoms with Crippen molar-refractivity contribution < 1.29 is 23.1 Å². The highest BCUT2D eigenvalue weighted by Gasteiger charge is 2.19. The van der Waals surface area contributed by atoms with E-state index in [0.29, 0.717) is 0 Å². The van der Waals surface area contributed by atoms with E-state index < -0.39 is 29.1 Å². The lowest BCUT2D eigenvalue weighted by molar-refractivity contribution is 0.0696. The quantitative estimate of drug-likeness (QED) is 0.734. The van der Waals surface area contributed by atoms with Crippen molar-refractivity contribution in [1.29, 1.82) is 0 Å². The lowest BCUT2D eigenvalue weighted by Gasteiger charge is -2.12. The number of carbonyl (C=O) groups is 1. The Balaban J connectivity index is 2.58. The Bertz CT molecular complexity index is 872. The van der Waals surface area contributed by atoms with Crippen LogP contribution in [0.5, 0.6) is 0 Å². The fourth-order valence-corrected chi connectivity index (χ4v) is 2.07. The number of hydrogen-bond acceptors (Lipinski definition) is 3. The number of pyridine rings is 1. The van der Waals surface area contributed by atoms with E-state index in [2.05, 4.69) is 23.5 Å². The van der Waals surface area contributed by atoms with Gasteiger partial charge in [0, 0.05) is 5.57 Å². The molecule has 128 valence electrons. The number of hydrogen-bond donors (Lipinski definition) is 2. The molecule has 0 spiro atoms. The van der Waals surface area contributed by atoms with Crippen LogP contribution in [-0.4, -0.2) is 16.1 Å². The molecule has 0 amide bonds. The van der Waals surface area contributed by atoms with E-state index in [1.165, 1.54) is 24.3 Å². The fourth-order valence-electron chi connectivity index (χ4n) is 2.07. The summed E-state index contributed by atoms with van der Waals surface area (Å²) in [5, 5.41) is 11.7. The first-order valence-electron chi connectivity index (χ1n) is 6.98. The zero-order valence-electron chi connectivity index (χ0n) is 12.9. The molecule has 0 bridgehead atoms. The third-order valence-corrected chi connectivity index (χ3v) is 3.17. The molecular weight excluding hydrogens is 333 g/mol. The molecule has 1 aromatic carbocycles. The molecule has 2 rings (SSSR count). The van der Waals surface area contributed by atoms with Gasteiger partial charge in [-0.2, -0.15) is 0 Å². The van der Waals surface area contributed by atoms with Gasteiger partial charge in [-0.15, -0.1) is 0 Å². The molecule has 0 unspecified atom stereocenters. The van der Waals surface area contributed by atoms with Gasteiger partial charge in [-0.3, -0.25) is 0 Å². The van der Waals surface area contributed by atoms with Crippen molar-refractivity contribution in [2.24, 2.45) is 0 Å². The largest absolute Gasteiger partial charge is 0.478 e. The van der Waals surface area contributed by atoms with Crippen molar-refractivity contribution in [3.05, 3.63) is 84.4 Å². The third-order valence-electron chi connectivity index (χ3n) is 3.17. The predicted molar refractivity (Wildman–Crippen MR) is 89.3 cm³/mol. The smallest absolute Gasteiger partial charge is 0.337 e. The van der Waals surface area contributed by atoms with Crippen molar-refractivity contribution in [2.75, 3.05) is 5.32 Å². The van der Waals surface area contributed by atoms with Gasteiger partial charge in [0.1, 0.15) is 29.0 Å². The number of anilines is 2. The van der Waals surface area contributed by atoms with Crippen molar-refractivity contribution >= 4 is 23.0 Å². The summed E-state index contributed by atoms with van der Waals surface area (Å²) in [5.74, 6) is -4.06. The molecule has 0 saturated carbocycles. The molecule has 2 aromatic rings. The molecule has 25 heavy (non-hydrogen) atoms. The maximum Gasteiger partial charge on any atom is 0.337 e. The molecule has 7 heteroatoms. The summed E-state index contributed by atoms with van der Waals surface area (Å²) >= 11 is 0. The van der Waals surface area contributed by atoms with Gasteiger partial charge in [0.2, 0.25) is 0 Å². The van der Waals surface area contributed by atoms with Gasteiger partial charge in [-0.25, -0.2) is 22.9 Å². The van der Waals surface area contributed by atoms with Crippen molar-refractivity contribution in [3.63, 3.8) is 0 Å². The number of benzene rings is 1. The highest BCUT2D eigenvalue weighted by Crippen LogP contribution is 2.28. The monoisotopic (exact) mass is 346 g/mol. The first kappa shape index (κ1) is 18.0. The molecule has 0 aliphatic rings. The standard InChI is InChI=1S/C18H13F3N2O2/c1-3-5-11(10(2)19)16-12(18(24)25)8-9-15(22-16)23-17-13(20)6-4-7-14(17)21/h3-9H,1-2H2,(H,22,23)(H,24,25). The average molecular weight is 346 g/mol. The van der Waals surface area contributed by atoms with Gasteiger partial charge < -0.3 is 10.4 Å². The third kappa shape index (κ3) is 3.95. The van der Waals surface area contributed by atoms with Crippen LogP contribution < -0.4 is 5.32 Å². The number of halogens is 3. The second-order valence-corrected chi connectivity index (χ2v) is 4.84. The van der Waals surface area contributed by atoms with Crippen LogP contribution in [0.15, 0.2) is 61.5 Å². The summed E-state index contributed by atoms with van der Waals surface area (Å²) < 4.78 is 41.1. The number of rotatable bonds is 6. The van der Waals surface area contributed by atoms with Gasteiger partial charge in [-0.05, 0) is 24.3 Å². The SMILES string of the molecule is C=CC=C(C(=C)F)c1nc(Nc2c(F)cccc2F)ccc1C(=O)O. The Hall–Kier alpha value is -3.35. The van der Waals surface area contributed by atoms with Crippen molar-refractivity contribution in [2.45, 2.75) is 0 Å². The van der Waals surface area contributed by atoms with Crippen LogP contribution in [-0.2, 0) is 0 Å². The molecule has 1 heterocycles. The van der Waals surface area contributed by atoms with Crippen molar-refractivity contribution in [3.8, 4) is 0 Å². The summed E-state index contributed by atoms with van der Waals surface area (Å²) in [6.07, 6.45) is 2.44. The van der Waals surface area contributed by atoms with E-state index in [4.69, 9.17) is 0 Å². The number of aromatic carboxylic acids is 1. The van der Waals surface area contributed by atoms with Crippen LogP contribution in [0.1, 0.15) is 16.1 Å². The van der Waals surface area contributed by atoms with Gasteiger partial charge in [0.05, 0.1) is 11.3 Å². The minimum absolute atomic E-state index is 0.0692. The second kappa shape index (κ2) is 7.48. The Morgan fingerprint density at radius 2 is 1.84 bits per heavy atom. The van der Waals surface area contributed by atoms with Crippen LogP contribution in [0.3, 0.4) is 0 Å². The van der Waals surface area contributed by atoms with Gasteiger partial charge >= 0.3 is 5.97 Å². The molecule has 0 aliphatic heterocycles. The van der Waals surface area contributed by atoms with Crippen LogP contribution in [0.2, 0.25) is 0 Å². The van der Waals surface area contributed by atoms with E-state index in [-0.39, 0.29) is 22.6 Å². The van der Waals surface area contributed by atoms with E-state index >= 15 is 0 Å². The molecule has 0 saturated heterocycles. The molecule has 0 fully saturated rings. The van der Waals surface area contributed by atoms with E-state index in [1.54, 1.807) is 0 Å².